The average molecular weight is 301 g/mol. The molecule has 6 heteroatoms. The van der Waals surface area contributed by atoms with E-state index in [4.69, 9.17) is 4.52 Å². The van der Waals surface area contributed by atoms with Gasteiger partial charge >= 0.3 is 0 Å². The molecular formula is C16H23N5O. The van der Waals surface area contributed by atoms with Gasteiger partial charge in [-0.2, -0.15) is 0 Å². The van der Waals surface area contributed by atoms with Crippen LogP contribution in [0, 0.1) is 27.7 Å². The molecule has 0 atom stereocenters. The topological polar surface area (TPSA) is 58.3 Å². The molecule has 0 radical (unpaired) electrons. The molecule has 0 amide bonds. The van der Waals surface area contributed by atoms with E-state index in [0.717, 1.165) is 61.5 Å². The molecule has 6 nitrogen and oxygen atoms in total. The number of hydrogen-bond acceptors (Lipinski definition) is 6. The molecule has 1 aliphatic rings. The number of anilines is 1. The summed E-state index contributed by atoms with van der Waals surface area (Å²) in [5.41, 5.74) is 4.27. The van der Waals surface area contributed by atoms with Crippen LogP contribution in [0.3, 0.4) is 0 Å². The Hall–Kier alpha value is -1.95. The number of nitrogens with zero attached hydrogens (tertiary/aromatic N) is 5. The summed E-state index contributed by atoms with van der Waals surface area (Å²) in [6.07, 6.45) is 0. The van der Waals surface area contributed by atoms with Gasteiger partial charge in [-0.25, -0.2) is 9.97 Å². The van der Waals surface area contributed by atoms with Crippen molar-refractivity contribution < 1.29 is 4.52 Å². The summed E-state index contributed by atoms with van der Waals surface area (Å²) < 4.78 is 5.25. The molecule has 2 aromatic rings. The summed E-state index contributed by atoms with van der Waals surface area (Å²) in [7, 11) is 0. The quantitative estimate of drug-likeness (QED) is 0.864. The van der Waals surface area contributed by atoms with Crippen LogP contribution in [0.5, 0.6) is 0 Å². The van der Waals surface area contributed by atoms with Crippen molar-refractivity contribution in [3.05, 3.63) is 34.5 Å². The van der Waals surface area contributed by atoms with Crippen LogP contribution >= 0.6 is 0 Å². The lowest BCUT2D eigenvalue weighted by atomic mass is 10.2. The van der Waals surface area contributed by atoms with E-state index in [1.54, 1.807) is 0 Å². The predicted octanol–water partition coefficient (Wildman–Crippen LogP) is 2.02. The van der Waals surface area contributed by atoms with Crippen LogP contribution in [0.15, 0.2) is 10.6 Å². The Morgan fingerprint density at radius 2 is 1.64 bits per heavy atom. The van der Waals surface area contributed by atoms with Crippen molar-refractivity contribution in [2.45, 2.75) is 34.2 Å². The molecule has 0 aliphatic carbocycles. The highest BCUT2D eigenvalue weighted by molar-refractivity contribution is 5.33. The third-order valence-electron chi connectivity index (χ3n) is 4.19. The van der Waals surface area contributed by atoms with Crippen molar-refractivity contribution in [2.24, 2.45) is 0 Å². The Kier molecular flexibility index (Phi) is 4.11. The molecule has 22 heavy (non-hydrogen) atoms. The summed E-state index contributed by atoms with van der Waals surface area (Å²) >= 11 is 0. The second-order valence-corrected chi connectivity index (χ2v) is 6.02. The highest BCUT2D eigenvalue weighted by Gasteiger charge is 2.21. The number of piperazine rings is 1. The van der Waals surface area contributed by atoms with Crippen LogP contribution in [0.2, 0.25) is 0 Å². The third-order valence-corrected chi connectivity index (χ3v) is 4.19. The third kappa shape index (κ3) is 3.11. The van der Waals surface area contributed by atoms with Gasteiger partial charge in [-0.05, 0) is 33.8 Å². The number of rotatable bonds is 3. The fourth-order valence-electron chi connectivity index (χ4n) is 2.91. The minimum atomic E-state index is 0.856. The molecular weight excluding hydrogens is 278 g/mol. The maximum Gasteiger partial charge on any atom is 0.225 e. The fraction of sp³-hybridized carbons (Fsp3) is 0.562. The van der Waals surface area contributed by atoms with Crippen LogP contribution < -0.4 is 4.90 Å². The molecule has 3 heterocycles. The van der Waals surface area contributed by atoms with Crippen molar-refractivity contribution in [3.63, 3.8) is 0 Å². The highest BCUT2D eigenvalue weighted by Crippen LogP contribution is 2.18. The second-order valence-electron chi connectivity index (χ2n) is 6.02. The Labute approximate surface area is 131 Å². The van der Waals surface area contributed by atoms with Crippen LogP contribution in [0.25, 0.3) is 0 Å². The molecule has 0 N–H and O–H groups in total. The summed E-state index contributed by atoms with van der Waals surface area (Å²) in [6.45, 7) is 12.8. The van der Waals surface area contributed by atoms with E-state index in [0.29, 0.717) is 0 Å². The molecule has 0 saturated carbocycles. The van der Waals surface area contributed by atoms with Gasteiger partial charge in [-0.1, -0.05) is 5.16 Å². The van der Waals surface area contributed by atoms with Crippen molar-refractivity contribution in [1.82, 2.24) is 20.0 Å². The van der Waals surface area contributed by atoms with E-state index < -0.39 is 0 Å². The Morgan fingerprint density at radius 1 is 1.00 bits per heavy atom. The Balaban J connectivity index is 1.63. The van der Waals surface area contributed by atoms with E-state index in [1.807, 2.05) is 33.8 Å². The average Bonchev–Trinajstić information content (AvgIpc) is 2.79. The van der Waals surface area contributed by atoms with Gasteiger partial charge in [0.2, 0.25) is 5.95 Å². The molecule has 1 saturated heterocycles. The first-order valence-electron chi connectivity index (χ1n) is 7.74. The summed E-state index contributed by atoms with van der Waals surface area (Å²) in [6, 6.07) is 2.01. The lowest BCUT2D eigenvalue weighted by Crippen LogP contribution is -2.46. The molecule has 0 unspecified atom stereocenters. The van der Waals surface area contributed by atoms with E-state index in [9.17, 15) is 0 Å². The van der Waals surface area contributed by atoms with Crippen molar-refractivity contribution in [3.8, 4) is 0 Å². The monoisotopic (exact) mass is 301 g/mol. The summed E-state index contributed by atoms with van der Waals surface area (Å²) in [5, 5.41) is 4.03. The smallest absolute Gasteiger partial charge is 0.225 e. The highest BCUT2D eigenvalue weighted by atomic mass is 16.5. The van der Waals surface area contributed by atoms with Crippen LogP contribution in [0.1, 0.15) is 28.4 Å². The van der Waals surface area contributed by atoms with E-state index in [1.165, 1.54) is 5.56 Å². The van der Waals surface area contributed by atoms with E-state index in [-0.39, 0.29) is 0 Å². The lowest BCUT2D eigenvalue weighted by Gasteiger charge is -2.34. The van der Waals surface area contributed by atoms with Crippen molar-refractivity contribution in [2.75, 3.05) is 31.1 Å². The first-order valence-corrected chi connectivity index (χ1v) is 7.74. The van der Waals surface area contributed by atoms with Crippen LogP contribution in [0.4, 0.5) is 5.95 Å². The maximum absolute atomic E-state index is 5.25. The van der Waals surface area contributed by atoms with Gasteiger partial charge in [0.05, 0.1) is 5.69 Å². The van der Waals surface area contributed by atoms with Gasteiger partial charge in [-0.3, -0.25) is 4.90 Å². The zero-order chi connectivity index (χ0) is 15.7. The van der Waals surface area contributed by atoms with E-state index >= 15 is 0 Å². The van der Waals surface area contributed by atoms with Gasteiger partial charge in [0, 0.05) is 49.7 Å². The maximum atomic E-state index is 5.25. The lowest BCUT2D eigenvalue weighted by molar-refractivity contribution is 0.246. The summed E-state index contributed by atoms with van der Waals surface area (Å²) in [5.74, 6) is 1.78. The number of aromatic nitrogens is 3. The van der Waals surface area contributed by atoms with Gasteiger partial charge < -0.3 is 9.42 Å². The molecule has 2 aromatic heterocycles. The normalized spacial score (nSPS) is 16.3. The number of aryl methyl sites for hydroxylation is 4. The van der Waals surface area contributed by atoms with Gasteiger partial charge in [0.25, 0.3) is 0 Å². The van der Waals surface area contributed by atoms with Crippen molar-refractivity contribution in [1.29, 1.82) is 0 Å². The number of hydrogen-bond donors (Lipinski definition) is 0. The zero-order valence-corrected chi connectivity index (χ0v) is 13.8. The standard InChI is InChI=1S/C16H23N5O/c1-11-9-12(2)18-16(17-11)21-7-5-20(6-8-21)10-15-13(3)19-22-14(15)4/h9H,5-8,10H2,1-4H3. The molecule has 118 valence electrons. The second kappa shape index (κ2) is 6.04. The van der Waals surface area contributed by atoms with Gasteiger partial charge in [-0.15, -0.1) is 0 Å². The molecule has 1 fully saturated rings. The minimum absolute atomic E-state index is 0.856. The molecule has 3 rings (SSSR count). The van der Waals surface area contributed by atoms with E-state index in [2.05, 4.69) is 24.9 Å². The molecule has 0 bridgehead atoms. The van der Waals surface area contributed by atoms with Gasteiger partial charge in [0.1, 0.15) is 5.76 Å². The van der Waals surface area contributed by atoms with Crippen LogP contribution in [-0.4, -0.2) is 46.2 Å². The Bertz CT molecular complexity index is 619. The Morgan fingerprint density at radius 3 is 2.18 bits per heavy atom. The largest absolute Gasteiger partial charge is 0.361 e. The van der Waals surface area contributed by atoms with Crippen LogP contribution in [-0.2, 0) is 6.54 Å². The first-order chi connectivity index (χ1) is 10.5. The first kappa shape index (κ1) is 15.0. The minimum Gasteiger partial charge on any atom is -0.361 e. The SMILES string of the molecule is Cc1cc(C)nc(N2CCN(Cc3c(C)noc3C)CC2)n1. The zero-order valence-electron chi connectivity index (χ0n) is 13.8. The predicted molar refractivity (Wildman–Crippen MR) is 85.0 cm³/mol. The van der Waals surface area contributed by atoms with Gasteiger partial charge in [0.15, 0.2) is 0 Å². The summed E-state index contributed by atoms with van der Waals surface area (Å²) in [4.78, 5) is 13.8. The molecule has 1 aliphatic heterocycles. The van der Waals surface area contributed by atoms with Crippen molar-refractivity contribution >= 4 is 5.95 Å². The fourth-order valence-corrected chi connectivity index (χ4v) is 2.91. The molecule has 0 spiro atoms. The molecule has 0 aromatic carbocycles.